The van der Waals surface area contributed by atoms with Crippen molar-refractivity contribution in [2.24, 2.45) is 0 Å². The smallest absolute Gasteiger partial charge is 0.305 e. The molecular weight excluding hydrogens is 366 g/mol. The lowest BCUT2D eigenvalue weighted by atomic mass is 10.1. The maximum absolute atomic E-state index is 11.2. The molecule has 0 N–H and O–H groups in total. The highest BCUT2D eigenvalue weighted by Crippen LogP contribution is 2.13. The molecule has 0 aliphatic carbocycles. The van der Waals surface area contributed by atoms with E-state index in [9.17, 15) is 17.8 Å². The van der Waals surface area contributed by atoms with Crippen molar-refractivity contribution < 1.29 is 27.0 Å². The molecule has 0 aliphatic rings. The van der Waals surface area contributed by atoms with Crippen LogP contribution in [0.3, 0.4) is 0 Å². The summed E-state index contributed by atoms with van der Waals surface area (Å²) >= 11 is 0. The molecule has 162 valence electrons. The molecule has 0 amide bonds. The average Bonchev–Trinajstić information content (AvgIpc) is 2.54. The Labute approximate surface area is 167 Å². The standard InChI is InChI=1S/C20H41NO5S/c1-5-20(22)26-19(2)15-12-10-8-6-7-9-11-13-16-21(3,4)17-14-18-27(23,24)25/h19H,5-18H2,1-4H3. The maximum Gasteiger partial charge on any atom is 0.305 e. The number of rotatable bonds is 17. The minimum absolute atomic E-state index is 0.0349. The van der Waals surface area contributed by atoms with Gasteiger partial charge in [0, 0.05) is 18.6 Å². The van der Waals surface area contributed by atoms with E-state index in [-0.39, 0.29) is 17.8 Å². The van der Waals surface area contributed by atoms with Crippen LogP contribution < -0.4 is 0 Å². The Morgan fingerprint density at radius 1 is 0.926 bits per heavy atom. The van der Waals surface area contributed by atoms with E-state index >= 15 is 0 Å². The van der Waals surface area contributed by atoms with Crippen LogP contribution in [-0.4, -0.2) is 62.5 Å². The molecule has 0 aromatic carbocycles. The molecule has 0 radical (unpaired) electrons. The summed E-state index contributed by atoms with van der Waals surface area (Å²) in [4.78, 5) is 11.2. The van der Waals surface area contributed by atoms with Crippen LogP contribution in [-0.2, 0) is 19.6 Å². The molecule has 0 bridgehead atoms. The summed E-state index contributed by atoms with van der Waals surface area (Å²) in [5.74, 6) is -0.367. The summed E-state index contributed by atoms with van der Waals surface area (Å²) < 4.78 is 38.0. The molecule has 0 saturated heterocycles. The fraction of sp³-hybridized carbons (Fsp3) is 0.950. The number of unbranched alkanes of at least 4 members (excludes halogenated alkanes) is 7. The number of carbonyl (C=O) groups excluding carboxylic acids is 1. The molecule has 0 saturated carbocycles. The van der Waals surface area contributed by atoms with Crippen molar-refractivity contribution >= 4 is 16.1 Å². The third-order valence-electron chi connectivity index (χ3n) is 4.90. The Kier molecular flexibility index (Phi) is 14.0. The minimum atomic E-state index is -4.08. The number of ether oxygens (including phenoxy) is 1. The third kappa shape index (κ3) is 18.5. The maximum atomic E-state index is 11.2. The van der Waals surface area contributed by atoms with Crippen molar-refractivity contribution in [3.63, 3.8) is 0 Å². The van der Waals surface area contributed by atoms with Gasteiger partial charge in [-0.05, 0) is 32.6 Å². The first-order valence-corrected chi connectivity index (χ1v) is 12.1. The number of quaternary nitrogens is 1. The number of hydrogen-bond donors (Lipinski definition) is 0. The highest BCUT2D eigenvalue weighted by Gasteiger charge is 2.14. The summed E-state index contributed by atoms with van der Waals surface area (Å²) in [5, 5.41) is 0. The minimum Gasteiger partial charge on any atom is -0.748 e. The molecule has 0 aromatic heterocycles. The van der Waals surface area contributed by atoms with Gasteiger partial charge in [-0.25, -0.2) is 8.42 Å². The van der Waals surface area contributed by atoms with E-state index in [0.717, 1.165) is 36.8 Å². The second kappa shape index (κ2) is 14.4. The van der Waals surface area contributed by atoms with Gasteiger partial charge >= 0.3 is 5.97 Å². The predicted octanol–water partition coefficient (Wildman–Crippen LogP) is 3.85. The van der Waals surface area contributed by atoms with Crippen molar-refractivity contribution in [1.82, 2.24) is 0 Å². The highest BCUT2D eigenvalue weighted by molar-refractivity contribution is 7.85. The Bertz CT molecular complexity index is 491. The van der Waals surface area contributed by atoms with Crippen molar-refractivity contribution in [1.29, 1.82) is 0 Å². The average molecular weight is 408 g/mol. The lowest BCUT2D eigenvalue weighted by Gasteiger charge is -2.30. The van der Waals surface area contributed by atoms with Gasteiger partial charge in [-0.2, -0.15) is 0 Å². The summed E-state index contributed by atoms with van der Waals surface area (Å²) in [5.41, 5.74) is 0. The van der Waals surface area contributed by atoms with E-state index in [2.05, 4.69) is 14.1 Å². The fourth-order valence-electron chi connectivity index (χ4n) is 3.18. The first-order chi connectivity index (χ1) is 12.6. The van der Waals surface area contributed by atoms with E-state index in [4.69, 9.17) is 4.74 Å². The quantitative estimate of drug-likeness (QED) is 0.158. The zero-order valence-electron chi connectivity index (χ0n) is 17.9. The topological polar surface area (TPSA) is 83.5 Å². The zero-order chi connectivity index (χ0) is 20.8. The third-order valence-corrected chi connectivity index (χ3v) is 5.69. The number of hydrogen-bond acceptors (Lipinski definition) is 5. The Hall–Kier alpha value is -0.660. The first-order valence-electron chi connectivity index (χ1n) is 10.5. The second-order valence-electron chi connectivity index (χ2n) is 8.27. The number of carbonyl (C=O) groups is 1. The monoisotopic (exact) mass is 407 g/mol. The molecule has 27 heavy (non-hydrogen) atoms. The molecule has 0 aromatic rings. The molecular formula is C20H41NO5S. The Morgan fingerprint density at radius 2 is 1.41 bits per heavy atom. The van der Waals surface area contributed by atoms with Crippen LogP contribution in [0.15, 0.2) is 0 Å². The number of esters is 1. The van der Waals surface area contributed by atoms with Crippen molar-refractivity contribution in [2.45, 2.75) is 90.6 Å². The van der Waals surface area contributed by atoms with E-state index < -0.39 is 10.1 Å². The molecule has 0 heterocycles. The van der Waals surface area contributed by atoms with Gasteiger partial charge < -0.3 is 13.8 Å². The normalized spacial score (nSPS) is 13.5. The van der Waals surface area contributed by atoms with E-state index in [1.54, 1.807) is 0 Å². The predicted molar refractivity (Wildman–Crippen MR) is 108 cm³/mol. The highest BCUT2D eigenvalue weighted by atomic mass is 32.2. The van der Waals surface area contributed by atoms with Gasteiger partial charge in [-0.1, -0.05) is 39.0 Å². The van der Waals surface area contributed by atoms with E-state index in [0.29, 0.717) is 12.8 Å². The zero-order valence-corrected chi connectivity index (χ0v) is 18.7. The van der Waals surface area contributed by atoms with Crippen LogP contribution >= 0.6 is 0 Å². The molecule has 7 heteroatoms. The lowest BCUT2D eigenvalue weighted by Crippen LogP contribution is -2.41. The SMILES string of the molecule is CCC(=O)OC(C)CCCCCCCCCC[N+](C)(C)CCCS(=O)(=O)[O-]. The van der Waals surface area contributed by atoms with Gasteiger partial charge in [0.1, 0.15) is 0 Å². The largest absolute Gasteiger partial charge is 0.748 e. The van der Waals surface area contributed by atoms with Gasteiger partial charge in [-0.3, -0.25) is 4.79 Å². The van der Waals surface area contributed by atoms with Crippen molar-refractivity contribution in [2.75, 3.05) is 32.9 Å². The molecule has 1 atom stereocenters. The molecule has 0 fully saturated rings. The summed E-state index contributed by atoms with van der Waals surface area (Å²) in [6.45, 7) is 5.53. The molecule has 0 rings (SSSR count). The molecule has 6 nitrogen and oxygen atoms in total. The summed E-state index contributed by atoms with van der Waals surface area (Å²) in [6, 6.07) is 0. The van der Waals surface area contributed by atoms with Crippen LogP contribution in [0.2, 0.25) is 0 Å². The van der Waals surface area contributed by atoms with Crippen molar-refractivity contribution in [3.05, 3.63) is 0 Å². The summed E-state index contributed by atoms with van der Waals surface area (Å²) in [6.07, 6.45) is 11.5. The Balaban J connectivity index is 3.50. The van der Waals surface area contributed by atoms with Gasteiger partial charge in [0.15, 0.2) is 0 Å². The summed E-state index contributed by atoms with van der Waals surface area (Å²) in [7, 11) is 0.105. The van der Waals surface area contributed by atoms with Crippen molar-refractivity contribution in [3.8, 4) is 0 Å². The van der Waals surface area contributed by atoms with Gasteiger partial charge in [0.05, 0.1) is 43.4 Å². The second-order valence-corrected chi connectivity index (χ2v) is 9.79. The van der Waals surface area contributed by atoms with Gasteiger partial charge in [-0.15, -0.1) is 0 Å². The molecule has 0 aliphatic heterocycles. The van der Waals surface area contributed by atoms with Crippen LogP contribution in [0.1, 0.15) is 84.5 Å². The van der Waals surface area contributed by atoms with Gasteiger partial charge in [0.25, 0.3) is 0 Å². The first kappa shape index (κ1) is 26.3. The Morgan fingerprint density at radius 3 is 1.93 bits per heavy atom. The lowest BCUT2D eigenvalue weighted by molar-refractivity contribution is -0.890. The van der Waals surface area contributed by atoms with Crippen LogP contribution in [0, 0.1) is 0 Å². The molecule has 0 spiro atoms. The van der Waals surface area contributed by atoms with Crippen LogP contribution in [0.4, 0.5) is 0 Å². The van der Waals surface area contributed by atoms with Gasteiger partial charge in [0.2, 0.25) is 0 Å². The van der Waals surface area contributed by atoms with E-state index in [1.165, 1.54) is 38.5 Å². The molecule has 1 unspecified atom stereocenters. The van der Waals surface area contributed by atoms with E-state index in [1.807, 2.05) is 13.8 Å². The fourth-order valence-corrected chi connectivity index (χ4v) is 3.66. The van der Waals surface area contributed by atoms with Crippen LogP contribution in [0.5, 0.6) is 0 Å². The van der Waals surface area contributed by atoms with Crippen LogP contribution in [0.25, 0.3) is 0 Å². The number of nitrogens with zero attached hydrogens (tertiary/aromatic N) is 1.